The van der Waals surface area contributed by atoms with Gasteiger partial charge in [0.15, 0.2) is 0 Å². The van der Waals surface area contributed by atoms with Gasteiger partial charge in [-0.2, -0.15) is 0 Å². The second-order valence-electron chi connectivity index (χ2n) is 2.50. The van der Waals surface area contributed by atoms with Crippen LogP contribution in [0.5, 0.6) is 0 Å². The maximum absolute atomic E-state index is 5.98. The zero-order valence-electron chi connectivity index (χ0n) is 6.34. The first-order valence-electron chi connectivity index (χ1n) is 3.68. The molecule has 2 rings (SSSR count). The maximum atomic E-state index is 5.98. The number of nitrogens with one attached hydrogen (secondary N) is 1. The summed E-state index contributed by atoms with van der Waals surface area (Å²) >= 11 is 5.98. The molecular formula is C10H7ClN. The van der Waals surface area contributed by atoms with Crippen LogP contribution in [0.15, 0.2) is 36.5 Å². The Morgan fingerprint density at radius 2 is 2.00 bits per heavy atom. The summed E-state index contributed by atoms with van der Waals surface area (Å²) in [6.07, 6.45) is 4.82. The second kappa shape index (κ2) is 3.03. The van der Waals surface area contributed by atoms with Gasteiger partial charge in [-0.3, -0.25) is 0 Å². The Bertz CT molecular complexity index is 365. The van der Waals surface area contributed by atoms with E-state index in [4.69, 9.17) is 11.6 Å². The third kappa shape index (κ3) is 1.23. The molecule has 0 bridgehead atoms. The van der Waals surface area contributed by atoms with Crippen LogP contribution < -0.4 is 0 Å². The normalized spacial score (nSPS) is 10.1. The predicted octanol–water partition coefficient (Wildman–Crippen LogP) is 3.14. The van der Waals surface area contributed by atoms with Crippen LogP contribution in [-0.2, 0) is 0 Å². The first kappa shape index (κ1) is 7.44. The van der Waals surface area contributed by atoms with Crippen molar-refractivity contribution in [3.63, 3.8) is 0 Å². The molecule has 2 heteroatoms. The van der Waals surface area contributed by atoms with Crippen LogP contribution in [0.25, 0.3) is 11.1 Å². The third-order valence-corrected chi connectivity index (χ3v) is 2.03. The lowest BCUT2D eigenvalue weighted by molar-refractivity contribution is 1.40. The standard InChI is InChI=1S/C10H7ClN/c11-10-4-2-1-3-9(10)8-5-6-12-7-8/h1-6,12H. The fraction of sp³-hybridized carbons (Fsp3) is 0. The molecule has 0 fully saturated rings. The van der Waals surface area contributed by atoms with Crippen LogP contribution in [-0.4, -0.2) is 4.98 Å². The van der Waals surface area contributed by atoms with Gasteiger partial charge < -0.3 is 4.98 Å². The van der Waals surface area contributed by atoms with Gasteiger partial charge >= 0.3 is 0 Å². The Morgan fingerprint density at radius 3 is 2.67 bits per heavy atom. The van der Waals surface area contributed by atoms with Gasteiger partial charge in [-0.1, -0.05) is 29.8 Å². The average Bonchev–Trinajstić information content (AvgIpc) is 2.57. The molecule has 0 aliphatic rings. The van der Waals surface area contributed by atoms with E-state index < -0.39 is 0 Å². The zero-order chi connectivity index (χ0) is 8.39. The van der Waals surface area contributed by atoms with Gasteiger partial charge in [0.1, 0.15) is 0 Å². The summed E-state index contributed by atoms with van der Waals surface area (Å²) in [6.45, 7) is 0. The number of aromatic amines is 1. The number of benzene rings is 1. The minimum atomic E-state index is 0.758. The SMILES string of the molecule is Clc1ccccc1-c1[c][nH]cc1. The van der Waals surface area contributed by atoms with E-state index in [-0.39, 0.29) is 0 Å². The van der Waals surface area contributed by atoms with Crippen LogP contribution in [0.3, 0.4) is 0 Å². The van der Waals surface area contributed by atoms with Crippen molar-refractivity contribution >= 4 is 11.6 Å². The summed E-state index contributed by atoms with van der Waals surface area (Å²) in [4.78, 5) is 2.87. The minimum Gasteiger partial charge on any atom is -0.359 e. The molecule has 1 N–H and O–H groups in total. The van der Waals surface area contributed by atoms with E-state index >= 15 is 0 Å². The molecule has 0 saturated carbocycles. The monoisotopic (exact) mass is 176 g/mol. The number of H-pyrrole nitrogens is 1. The molecule has 0 aliphatic carbocycles. The summed E-state index contributed by atoms with van der Waals surface area (Å²) in [6, 6.07) is 9.67. The van der Waals surface area contributed by atoms with E-state index in [1.807, 2.05) is 36.5 Å². The smallest absolute Gasteiger partial charge is 0.0706 e. The Labute approximate surface area is 76.0 Å². The fourth-order valence-corrected chi connectivity index (χ4v) is 1.36. The summed E-state index contributed by atoms with van der Waals surface area (Å²) in [5.41, 5.74) is 2.01. The number of hydrogen-bond donors (Lipinski definition) is 1. The Kier molecular flexibility index (Phi) is 1.88. The Hall–Kier alpha value is -1.21. The second-order valence-corrected chi connectivity index (χ2v) is 2.90. The van der Waals surface area contributed by atoms with Crippen LogP contribution in [0, 0.1) is 6.20 Å². The molecule has 1 aromatic heterocycles. The summed E-state index contributed by atoms with van der Waals surface area (Å²) in [7, 11) is 0. The summed E-state index contributed by atoms with van der Waals surface area (Å²) in [5.74, 6) is 0. The van der Waals surface area contributed by atoms with Crippen LogP contribution in [0.2, 0.25) is 5.02 Å². The molecule has 0 unspecified atom stereocenters. The minimum absolute atomic E-state index is 0.758. The van der Waals surface area contributed by atoms with Crippen molar-refractivity contribution in [1.29, 1.82) is 0 Å². The van der Waals surface area contributed by atoms with Gasteiger partial charge in [0.2, 0.25) is 0 Å². The van der Waals surface area contributed by atoms with E-state index in [9.17, 15) is 0 Å². The fourth-order valence-electron chi connectivity index (χ4n) is 1.12. The highest BCUT2D eigenvalue weighted by molar-refractivity contribution is 6.33. The molecule has 59 valence electrons. The predicted molar refractivity (Wildman–Crippen MR) is 50.1 cm³/mol. The molecule has 1 radical (unpaired) electrons. The first-order chi connectivity index (χ1) is 5.88. The maximum Gasteiger partial charge on any atom is 0.0706 e. The molecule has 0 aliphatic heterocycles. The number of hydrogen-bond acceptors (Lipinski definition) is 0. The average molecular weight is 177 g/mol. The van der Waals surface area contributed by atoms with Gasteiger partial charge in [-0.25, -0.2) is 0 Å². The zero-order valence-corrected chi connectivity index (χ0v) is 7.10. The van der Waals surface area contributed by atoms with Crippen LogP contribution in [0.1, 0.15) is 0 Å². The quantitative estimate of drug-likeness (QED) is 0.687. The van der Waals surface area contributed by atoms with E-state index in [1.165, 1.54) is 0 Å². The molecule has 0 saturated heterocycles. The van der Waals surface area contributed by atoms with E-state index in [1.54, 1.807) is 0 Å². The molecular weight excluding hydrogens is 170 g/mol. The molecule has 2 aromatic rings. The highest BCUT2D eigenvalue weighted by Gasteiger charge is 2.01. The van der Waals surface area contributed by atoms with Crippen LogP contribution in [0.4, 0.5) is 0 Å². The van der Waals surface area contributed by atoms with Crippen molar-refractivity contribution in [3.05, 3.63) is 47.7 Å². The molecule has 0 amide bonds. The Morgan fingerprint density at radius 1 is 1.17 bits per heavy atom. The lowest BCUT2D eigenvalue weighted by Gasteiger charge is -1.98. The van der Waals surface area contributed by atoms with Gasteiger partial charge in [0.25, 0.3) is 0 Å². The lowest BCUT2D eigenvalue weighted by atomic mass is 10.1. The number of rotatable bonds is 1. The molecule has 0 atom stereocenters. The molecule has 1 heterocycles. The van der Waals surface area contributed by atoms with Gasteiger partial charge in [0, 0.05) is 22.3 Å². The molecule has 1 aromatic carbocycles. The highest BCUT2D eigenvalue weighted by Crippen LogP contribution is 2.26. The van der Waals surface area contributed by atoms with Crippen molar-refractivity contribution in [2.24, 2.45) is 0 Å². The molecule has 0 spiro atoms. The van der Waals surface area contributed by atoms with Crippen LogP contribution >= 0.6 is 11.6 Å². The summed E-state index contributed by atoms with van der Waals surface area (Å²) < 4.78 is 0. The van der Waals surface area contributed by atoms with Gasteiger partial charge in [-0.15, -0.1) is 0 Å². The highest BCUT2D eigenvalue weighted by atomic mass is 35.5. The largest absolute Gasteiger partial charge is 0.359 e. The third-order valence-electron chi connectivity index (χ3n) is 1.70. The number of halogens is 1. The van der Waals surface area contributed by atoms with Gasteiger partial charge in [-0.05, 0) is 12.1 Å². The first-order valence-corrected chi connectivity index (χ1v) is 4.05. The lowest BCUT2D eigenvalue weighted by Crippen LogP contribution is -1.74. The van der Waals surface area contributed by atoms with Crippen molar-refractivity contribution in [2.45, 2.75) is 0 Å². The van der Waals surface area contributed by atoms with Crippen molar-refractivity contribution in [3.8, 4) is 11.1 Å². The Balaban J connectivity index is 2.55. The molecule has 12 heavy (non-hydrogen) atoms. The van der Waals surface area contributed by atoms with Crippen molar-refractivity contribution in [1.82, 2.24) is 4.98 Å². The van der Waals surface area contributed by atoms with Crippen molar-refractivity contribution in [2.75, 3.05) is 0 Å². The molecule has 1 nitrogen and oxygen atoms in total. The summed E-state index contributed by atoms with van der Waals surface area (Å²) in [5, 5.41) is 0.758. The number of aromatic nitrogens is 1. The van der Waals surface area contributed by atoms with Crippen molar-refractivity contribution < 1.29 is 0 Å². The van der Waals surface area contributed by atoms with E-state index in [0.29, 0.717) is 0 Å². The topological polar surface area (TPSA) is 15.8 Å². The van der Waals surface area contributed by atoms with E-state index in [0.717, 1.165) is 16.1 Å². The van der Waals surface area contributed by atoms with Gasteiger partial charge in [0.05, 0.1) is 6.20 Å². The van der Waals surface area contributed by atoms with E-state index in [2.05, 4.69) is 11.2 Å².